The van der Waals surface area contributed by atoms with Gasteiger partial charge in [-0.15, -0.1) is 0 Å². The van der Waals surface area contributed by atoms with Crippen LogP contribution in [0.25, 0.3) is 0 Å². The number of urea groups is 1. The van der Waals surface area contributed by atoms with Crippen LogP contribution in [0.2, 0.25) is 0 Å². The van der Waals surface area contributed by atoms with Gasteiger partial charge >= 0.3 is 18.0 Å². The van der Waals surface area contributed by atoms with Crippen molar-refractivity contribution in [2.45, 2.75) is 20.8 Å². The number of carbonyl (C=O) groups excluding carboxylic acids is 3. The molecule has 0 unspecified atom stereocenters. The second-order valence-corrected chi connectivity index (χ2v) is 6.05. The lowest BCUT2D eigenvalue weighted by Gasteiger charge is -2.12. The largest absolute Gasteiger partial charge is 0.478 e. The van der Waals surface area contributed by atoms with E-state index in [9.17, 15) is 19.2 Å². The molecule has 1 aliphatic carbocycles. The van der Waals surface area contributed by atoms with Crippen LogP contribution < -0.4 is 5.32 Å². The Morgan fingerprint density at radius 1 is 1.45 bits per heavy atom. The van der Waals surface area contributed by atoms with Crippen LogP contribution in [0.4, 0.5) is 4.79 Å². The highest BCUT2D eigenvalue weighted by Crippen LogP contribution is 2.59. The van der Waals surface area contributed by atoms with Crippen molar-refractivity contribution in [1.82, 2.24) is 10.2 Å². The molecule has 2 aliphatic rings. The van der Waals surface area contributed by atoms with E-state index in [-0.39, 0.29) is 18.0 Å². The monoisotopic (exact) mass is 310 g/mol. The van der Waals surface area contributed by atoms with Gasteiger partial charge in [-0.1, -0.05) is 19.9 Å². The molecule has 3 amide bonds. The Hall–Kier alpha value is -2.38. The van der Waals surface area contributed by atoms with Gasteiger partial charge in [0.2, 0.25) is 0 Å². The molecule has 22 heavy (non-hydrogen) atoms. The molecule has 8 heteroatoms. The van der Waals surface area contributed by atoms with Crippen LogP contribution in [0, 0.1) is 17.3 Å². The Labute approximate surface area is 127 Å². The molecule has 0 radical (unpaired) electrons. The van der Waals surface area contributed by atoms with Gasteiger partial charge < -0.3 is 15.2 Å². The molecule has 2 atom stereocenters. The minimum atomic E-state index is -1.03. The number of allylic oxidation sites excluding steroid dienone is 1. The van der Waals surface area contributed by atoms with Crippen molar-refractivity contribution in [3.63, 3.8) is 0 Å². The minimum absolute atomic E-state index is 0.103. The number of amides is 3. The van der Waals surface area contributed by atoms with E-state index in [1.807, 2.05) is 13.8 Å². The van der Waals surface area contributed by atoms with Crippen LogP contribution in [0.3, 0.4) is 0 Å². The highest BCUT2D eigenvalue weighted by molar-refractivity contribution is 6.01. The number of esters is 1. The number of nitrogens with one attached hydrogen (secondary N) is 1. The van der Waals surface area contributed by atoms with Gasteiger partial charge in [-0.25, -0.2) is 14.5 Å². The molecule has 0 aromatic carbocycles. The normalized spacial score (nSPS) is 26.7. The van der Waals surface area contributed by atoms with Crippen LogP contribution in [0.15, 0.2) is 11.6 Å². The highest BCUT2D eigenvalue weighted by atomic mass is 16.5. The zero-order valence-corrected chi connectivity index (χ0v) is 12.6. The van der Waals surface area contributed by atoms with Crippen molar-refractivity contribution < 1.29 is 29.0 Å². The van der Waals surface area contributed by atoms with E-state index >= 15 is 0 Å². The number of carboxylic acid groups (broad SMARTS) is 1. The quantitative estimate of drug-likeness (QED) is 0.430. The van der Waals surface area contributed by atoms with Crippen LogP contribution >= 0.6 is 0 Å². The molecule has 120 valence electrons. The number of carbonyl (C=O) groups is 4. The highest BCUT2D eigenvalue weighted by Gasteiger charge is 2.61. The zero-order valence-electron chi connectivity index (χ0n) is 12.6. The van der Waals surface area contributed by atoms with Crippen molar-refractivity contribution in [2.75, 3.05) is 13.3 Å². The Morgan fingerprint density at radius 2 is 2.09 bits per heavy atom. The topological polar surface area (TPSA) is 113 Å². The fourth-order valence-electron chi connectivity index (χ4n) is 2.58. The number of carboxylic acids is 1. The maximum atomic E-state index is 12.1. The lowest BCUT2D eigenvalue weighted by atomic mass is 10.1. The average molecular weight is 310 g/mol. The zero-order chi connectivity index (χ0) is 16.7. The van der Waals surface area contributed by atoms with E-state index in [2.05, 4.69) is 5.32 Å². The lowest BCUT2D eigenvalue weighted by molar-refractivity contribution is -0.151. The Bertz CT molecular complexity index is 564. The summed E-state index contributed by atoms with van der Waals surface area (Å²) in [5.41, 5.74) is -0.243. The van der Waals surface area contributed by atoms with E-state index in [4.69, 9.17) is 9.84 Å². The van der Waals surface area contributed by atoms with Crippen LogP contribution in [0.5, 0.6) is 0 Å². The van der Waals surface area contributed by atoms with Gasteiger partial charge in [-0.2, -0.15) is 0 Å². The molecule has 0 aromatic heterocycles. The number of aliphatic carboxylic acids is 1. The van der Waals surface area contributed by atoms with E-state index in [0.717, 1.165) is 4.90 Å². The molecular formula is C14H18N2O6. The molecule has 1 saturated heterocycles. The standard InChI is InChI=1S/C14H18N2O6/c1-7(11(18)19)4-8-10(14(8,2)3)12(20)22-6-16-9(17)5-15-13(16)21/h4,8,10H,5-6H2,1-3H3,(H,15,21)(H,18,19)/b7-4+/t8-,10-/m1/s1. The van der Waals surface area contributed by atoms with Gasteiger partial charge in [-0.05, 0) is 18.3 Å². The van der Waals surface area contributed by atoms with Crippen molar-refractivity contribution in [3.05, 3.63) is 11.6 Å². The number of hydrogen-bond acceptors (Lipinski definition) is 5. The molecule has 0 bridgehead atoms. The molecule has 2 fully saturated rings. The molecule has 2 N–H and O–H groups in total. The van der Waals surface area contributed by atoms with Gasteiger partial charge in [-0.3, -0.25) is 9.59 Å². The molecule has 1 saturated carbocycles. The van der Waals surface area contributed by atoms with Gasteiger partial charge in [0.25, 0.3) is 5.91 Å². The Balaban J connectivity index is 1.96. The third kappa shape index (κ3) is 2.81. The van der Waals surface area contributed by atoms with Crippen LogP contribution in [-0.2, 0) is 19.1 Å². The molecule has 0 aromatic rings. The van der Waals surface area contributed by atoms with Crippen LogP contribution in [-0.4, -0.2) is 47.2 Å². The van der Waals surface area contributed by atoms with Crippen molar-refractivity contribution >= 4 is 23.9 Å². The fourth-order valence-corrected chi connectivity index (χ4v) is 2.58. The maximum Gasteiger partial charge on any atom is 0.330 e. The second kappa shape index (κ2) is 5.43. The first-order valence-corrected chi connectivity index (χ1v) is 6.82. The summed E-state index contributed by atoms with van der Waals surface area (Å²) in [7, 11) is 0. The van der Waals surface area contributed by atoms with Gasteiger partial charge in [0.05, 0.1) is 12.5 Å². The Morgan fingerprint density at radius 3 is 2.59 bits per heavy atom. The third-order valence-corrected chi connectivity index (χ3v) is 4.20. The van der Waals surface area contributed by atoms with Crippen LogP contribution in [0.1, 0.15) is 20.8 Å². The van der Waals surface area contributed by atoms with Gasteiger partial charge in [0.1, 0.15) is 0 Å². The lowest BCUT2D eigenvalue weighted by Crippen LogP contribution is -2.34. The summed E-state index contributed by atoms with van der Waals surface area (Å²) in [5.74, 6) is -2.75. The van der Waals surface area contributed by atoms with Crippen molar-refractivity contribution in [1.29, 1.82) is 0 Å². The molecule has 1 heterocycles. The van der Waals surface area contributed by atoms with E-state index in [0.29, 0.717) is 0 Å². The minimum Gasteiger partial charge on any atom is -0.478 e. The number of ether oxygens (including phenoxy) is 1. The smallest absolute Gasteiger partial charge is 0.330 e. The first-order chi connectivity index (χ1) is 10.2. The second-order valence-electron chi connectivity index (χ2n) is 6.05. The predicted octanol–water partition coefficient (Wildman–Crippen LogP) is 0.342. The number of imide groups is 1. The van der Waals surface area contributed by atoms with Gasteiger partial charge in [0, 0.05) is 5.57 Å². The molecule has 0 spiro atoms. The third-order valence-electron chi connectivity index (χ3n) is 4.20. The summed E-state index contributed by atoms with van der Waals surface area (Å²) in [6.45, 7) is 4.61. The van der Waals surface area contributed by atoms with E-state index in [1.165, 1.54) is 6.92 Å². The summed E-state index contributed by atoms with van der Waals surface area (Å²) in [4.78, 5) is 46.4. The summed E-state index contributed by atoms with van der Waals surface area (Å²) in [5, 5.41) is 11.2. The predicted molar refractivity (Wildman–Crippen MR) is 73.4 cm³/mol. The number of hydrogen-bond donors (Lipinski definition) is 2. The first-order valence-electron chi connectivity index (χ1n) is 6.82. The summed E-state index contributed by atoms with van der Waals surface area (Å²) >= 11 is 0. The number of nitrogens with zero attached hydrogens (tertiary/aromatic N) is 1. The van der Waals surface area contributed by atoms with E-state index in [1.54, 1.807) is 6.08 Å². The fraction of sp³-hybridized carbons (Fsp3) is 0.571. The SMILES string of the molecule is C/C(=C\[C@@H]1[C@H](C(=O)OCN2C(=O)CNC2=O)C1(C)C)C(=O)O. The molecule has 8 nitrogen and oxygen atoms in total. The first kappa shape index (κ1) is 16.0. The number of rotatable bonds is 5. The average Bonchev–Trinajstić information content (AvgIpc) is 2.80. The maximum absolute atomic E-state index is 12.1. The van der Waals surface area contributed by atoms with E-state index < -0.39 is 41.9 Å². The summed E-state index contributed by atoms with van der Waals surface area (Å²) in [6, 6.07) is -0.592. The van der Waals surface area contributed by atoms with Crippen molar-refractivity contribution in [2.24, 2.45) is 17.3 Å². The Kier molecular flexibility index (Phi) is 3.95. The summed E-state index contributed by atoms with van der Waals surface area (Å²) in [6.07, 6.45) is 1.54. The van der Waals surface area contributed by atoms with Gasteiger partial charge in [0.15, 0.2) is 6.73 Å². The van der Waals surface area contributed by atoms with Crippen molar-refractivity contribution in [3.8, 4) is 0 Å². The molecule has 2 rings (SSSR count). The molecule has 1 aliphatic heterocycles. The molecular weight excluding hydrogens is 292 g/mol. The summed E-state index contributed by atoms with van der Waals surface area (Å²) < 4.78 is 5.03.